The fourth-order valence-corrected chi connectivity index (χ4v) is 6.32. The standard InChI is InChI=1S/C21H19NO5S2/c1-26-14-6-8-16(9-7-14)29(24,25)18-12-28-21-17(11-19(23)22-20(18)21)13-4-3-5-15(10-13)27-2/h3-10,12,17H,11H2,1-2H3,(H,22,23)/t17-/m0/s1. The summed E-state index contributed by atoms with van der Waals surface area (Å²) in [6, 6.07) is 13.7. The van der Waals surface area contributed by atoms with Gasteiger partial charge in [0.05, 0.1) is 24.8 Å². The van der Waals surface area contributed by atoms with Gasteiger partial charge in [-0.2, -0.15) is 0 Å². The molecule has 150 valence electrons. The predicted octanol–water partition coefficient (Wildman–Crippen LogP) is 4.07. The van der Waals surface area contributed by atoms with Crippen molar-refractivity contribution >= 4 is 32.8 Å². The molecule has 0 spiro atoms. The number of benzene rings is 2. The highest BCUT2D eigenvalue weighted by molar-refractivity contribution is 7.91. The van der Waals surface area contributed by atoms with Gasteiger partial charge in [0.2, 0.25) is 15.7 Å². The highest BCUT2D eigenvalue weighted by Crippen LogP contribution is 2.46. The number of methoxy groups -OCH3 is 2. The molecule has 2 aromatic carbocycles. The maximum Gasteiger partial charge on any atom is 0.225 e. The smallest absolute Gasteiger partial charge is 0.225 e. The first-order valence-electron chi connectivity index (χ1n) is 8.88. The molecule has 0 unspecified atom stereocenters. The predicted molar refractivity (Wildman–Crippen MR) is 111 cm³/mol. The lowest BCUT2D eigenvalue weighted by atomic mass is 9.90. The van der Waals surface area contributed by atoms with E-state index in [1.54, 1.807) is 24.6 Å². The molecule has 8 heteroatoms. The number of ether oxygens (including phenoxy) is 2. The normalized spacial score (nSPS) is 16.1. The van der Waals surface area contributed by atoms with Crippen LogP contribution in [0.5, 0.6) is 11.5 Å². The third kappa shape index (κ3) is 3.49. The highest BCUT2D eigenvalue weighted by atomic mass is 32.2. The molecule has 1 aliphatic rings. The van der Waals surface area contributed by atoms with Crippen LogP contribution in [-0.2, 0) is 14.6 Å². The van der Waals surface area contributed by atoms with E-state index < -0.39 is 9.84 Å². The number of fused-ring (bicyclic) bond motifs is 1. The fraction of sp³-hybridized carbons (Fsp3) is 0.190. The Morgan fingerprint density at radius 2 is 1.76 bits per heavy atom. The Hall–Kier alpha value is -2.84. The summed E-state index contributed by atoms with van der Waals surface area (Å²) in [5.41, 5.74) is 1.28. The monoisotopic (exact) mass is 429 g/mol. The average molecular weight is 430 g/mol. The lowest BCUT2D eigenvalue weighted by Gasteiger charge is -2.24. The lowest BCUT2D eigenvalue weighted by molar-refractivity contribution is -0.116. The molecule has 3 aromatic rings. The van der Waals surface area contributed by atoms with Crippen LogP contribution in [0.4, 0.5) is 5.69 Å². The molecule has 0 bridgehead atoms. The number of carbonyl (C=O) groups excluding carboxylic acids is 1. The number of rotatable bonds is 5. The van der Waals surface area contributed by atoms with Gasteiger partial charge in [0.25, 0.3) is 0 Å². The molecule has 1 atom stereocenters. The van der Waals surface area contributed by atoms with Crippen molar-refractivity contribution in [3.05, 3.63) is 64.4 Å². The van der Waals surface area contributed by atoms with E-state index in [1.165, 1.54) is 30.6 Å². The molecule has 6 nitrogen and oxygen atoms in total. The highest BCUT2D eigenvalue weighted by Gasteiger charge is 2.34. The average Bonchev–Trinajstić information content (AvgIpc) is 3.17. The zero-order valence-electron chi connectivity index (χ0n) is 15.8. The summed E-state index contributed by atoms with van der Waals surface area (Å²) in [5.74, 6) is 0.828. The van der Waals surface area contributed by atoms with Crippen LogP contribution in [-0.4, -0.2) is 28.5 Å². The number of nitrogens with one attached hydrogen (secondary N) is 1. The van der Waals surface area contributed by atoms with Crippen molar-refractivity contribution in [3.8, 4) is 11.5 Å². The molecule has 1 aliphatic heterocycles. The molecular weight excluding hydrogens is 410 g/mol. The van der Waals surface area contributed by atoms with Gasteiger partial charge in [-0.25, -0.2) is 8.42 Å². The number of anilines is 1. The first kappa shape index (κ1) is 19.5. The Bertz CT molecular complexity index is 1170. The van der Waals surface area contributed by atoms with E-state index in [4.69, 9.17) is 9.47 Å². The maximum absolute atomic E-state index is 13.2. The second-order valence-corrected chi connectivity index (χ2v) is 9.43. The SMILES string of the molecule is COc1ccc(S(=O)(=O)c2csc3c2NC(=O)C[C@H]3c2cccc(OC)c2)cc1. The summed E-state index contributed by atoms with van der Waals surface area (Å²) >= 11 is 1.34. The molecule has 1 N–H and O–H groups in total. The topological polar surface area (TPSA) is 81.7 Å². The Balaban J connectivity index is 1.79. The number of hydrogen-bond donors (Lipinski definition) is 1. The number of thiophene rings is 1. The number of hydrogen-bond acceptors (Lipinski definition) is 6. The summed E-state index contributed by atoms with van der Waals surface area (Å²) in [5, 5.41) is 4.37. The van der Waals surface area contributed by atoms with Crippen molar-refractivity contribution < 1.29 is 22.7 Å². The van der Waals surface area contributed by atoms with Crippen molar-refractivity contribution in [2.45, 2.75) is 22.1 Å². The van der Waals surface area contributed by atoms with Crippen LogP contribution in [0.15, 0.2) is 63.7 Å². The Morgan fingerprint density at radius 3 is 2.45 bits per heavy atom. The van der Waals surface area contributed by atoms with E-state index in [0.717, 1.165) is 10.4 Å². The second kappa shape index (κ2) is 7.53. The summed E-state index contributed by atoms with van der Waals surface area (Å²) in [6.07, 6.45) is 0.253. The molecular formula is C21H19NO5S2. The number of amides is 1. The largest absolute Gasteiger partial charge is 0.497 e. The summed E-state index contributed by atoms with van der Waals surface area (Å²) in [4.78, 5) is 13.5. The van der Waals surface area contributed by atoms with Gasteiger partial charge < -0.3 is 14.8 Å². The van der Waals surface area contributed by atoms with Crippen molar-refractivity contribution in [3.63, 3.8) is 0 Å². The van der Waals surface area contributed by atoms with Crippen molar-refractivity contribution in [1.29, 1.82) is 0 Å². The van der Waals surface area contributed by atoms with Gasteiger partial charge in [0, 0.05) is 22.6 Å². The zero-order valence-corrected chi connectivity index (χ0v) is 17.5. The van der Waals surface area contributed by atoms with Crippen molar-refractivity contribution in [2.75, 3.05) is 19.5 Å². The van der Waals surface area contributed by atoms with E-state index in [1.807, 2.05) is 24.3 Å². The number of sulfone groups is 1. The van der Waals surface area contributed by atoms with Crippen LogP contribution in [0.25, 0.3) is 0 Å². The lowest BCUT2D eigenvalue weighted by Crippen LogP contribution is -2.23. The van der Waals surface area contributed by atoms with Crippen LogP contribution in [0, 0.1) is 0 Å². The molecule has 1 amide bonds. The zero-order chi connectivity index (χ0) is 20.6. The van der Waals surface area contributed by atoms with E-state index in [0.29, 0.717) is 17.2 Å². The molecule has 0 aliphatic carbocycles. The van der Waals surface area contributed by atoms with E-state index in [9.17, 15) is 13.2 Å². The van der Waals surface area contributed by atoms with Crippen LogP contribution in [0.3, 0.4) is 0 Å². The van der Waals surface area contributed by atoms with Crippen LogP contribution < -0.4 is 14.8 Å². The van der Waals surface area contributed by atoms with Crippen LogP contribution in [0.1, 0.15) is 22.8 Å². The second-order valence-electron chi connectivity index (χ2n) is 6.60. The molecule has 2 heterocycles. The van der Waals surface area contributed by atoms with Crippen molar-refractivity contribution in [2.24, 2.45) is 0 Å². The van der Waals surface area contributed by atoms with Gasteiger partial charge in [0.1, 0.15) is 16.4 Å². The van der Waals surface area contributed by atoms with Gasteiger partial charge in [-0.05, 0) is 42.0 Å². The van der Waals surface area contributed by atoms with E-state index in [2.05, 4.69) is 5.32 Å². The van der Waals surface area contributed by atoms with Gasteiger partial charge >= 0.3 is 0 Å². The van der Waals surface area contributed by atoms with Gasteiger partial charge in [0.15, 0.2) is 0 Å². The summed E-state index contributed by atoms with van der Waals surface area (Å²) < 4.78 is 36.8. The minimum absolute atomic E-state index is 0.114. The molecule has 0 fully saturated rings. The first-order valence-corrected chi connectivity index (χ1v) is 11.2. The Morgan fingerprint density at radius 1 is 1.03 bits per heavy atom. The molecule has 29 heavy (non-hydrogen) atoms. The van der Waals surface area contributed by atoms with Crippen molar-refractivity contribution in [1.82, 2.24) is 0 Å². The van der Waals surface area contributed by atoms with Crippen LogP contribution >= 0.6 is 11.3 Å². The van der Waals surface area contributed by atoms with E-state index >= 15 is 0 Å². The number of carbonyl (C=O) groups is 1. The third-order valence-corrected chi connectivity index (χ3v) is 7.95. The fourth-order valence-electron chi connectivity index (χ4n) is 3.41. The molecule has 4 rings (SSSR count). The third-order valence-electron chi connectivity index (χ3n) is 4.91. The van der Waals surface area contributed by atoms with Gasteiger partial charge in [-0.3, -0.25) is 4.79 Å². The molecule has 0 radical (unpaired) electrons. The molecule has 1 aromatic heterocycles. The molecule has 0 saturated carbocycles. The van der Waals surface area contributed by atoms with Crippen LogP contribution in [0.2, 0.25) is 0 Å². The Labute approximate surface area is 173 Å². The first-order chi connectivity index (χ1) is 13.9. The molecule has 0 saturated heterocycles. The Kier molecular flexibility index (Phi) is 5.06. The van der Waals surface area contributed by atoms with E-state index in [-0.39, 0.29) is 28.0 Å². The van der Waals surface area contributed by atoms with Gasteiger partial charge in [-0.1, -0.05) is 12.1 Å². The maximum atomic E-state index is 13.2. The minimum Gasteiger partial charge on any atom is -0.497 e. The quantitative estimate of drug-likeness (QED) is 0.661. The minimum atomic E-state index is -3.79. The van der Waals surface area contributed by atoms with Gasteiger partial charge in [-0.15, -0.1) is 11.3 Å². The summed E-state index contributed by atoms with van der Waals surface area (Å²) in [6.45, 7) is 0. The summed E-state index contributed by atoms with van der Waals surface area (Å²) in [7, 11) is -0.682.